The van der Waals surface area contributed by atoms with E-state index in [1.807, 2.05) is 35.7 Å². The van der Waals surface area contributed by atoms with Gasteiger partial charge in [-0.1, -0.05) is 42.1 Å². The molecule has 0 bridgehead atoms. The average Bonchev–Trinajstić information content (AvgIpc) is 3.11. The fourth-order valence-corrected chi connectivity index (χ4v) is 4.09. The molecule has 3 aromatic rings. The van der Waals surface area contributed by atoms with Gasteiger partial charge >= 0.3 is 0 Å². The Kier molecular flexibility index (Phi) is 5.63. The molecule has 0 fully saturated rings. The van der Waals surface area contributed by atoms with Crippen molar-refractivity contribution in [2.45, 2.75) is 16.5 Å². The summed E-state index contributed by atoms with van der Waals surface area (Å²) >= 11 is 2.60. The number of carbonyl (C=O) groups excluding carboxylic acids is 1. The highest BCUT2D eigenvalue weighted by atomic mass is 32.2. The number of rotatable bonds is 5. The molecule has 0 spiro atoms. The predicted octanol–water partition coefficient (Wildman–Crippen LogP) is 5.35. The third-order valence-corrected chi connectivity index (χ3v) is 5.56. The molecule has 0 aliphatic rings. The largest absolute Gasteiger partial charge is 0.323 e. The number of benzene rings is 2. The summed E-state index contributed by atoms with van der Waals surface area (Å²) in [4.78, 5) is 16.7. The minimum Gasteiger partial charge on any atom is -0.323 e. The third-order valence-electron chi connectivity index (χ3n) is 3.49. The molecular weight excluding hydrogens is 381 g/mol. The molecule has 1 atom stereocenters. The highest BCUT2D eigenvalue weighted by molar-refractivity contribution is 8.02. The Balaban J connectivity index is 1.67. The number of hydrogen-bond acceptors (Lipinski definition) is 4. The van der Waals surface area contributed by atoms with E-state index in [0.29, 0.717) is 4.34 Å². The zero-order valence-corrected chi connectivity index (χ0v) is 15.1. The Morgan fingerprint density at radius 3 is 2.58 bits per heavy atom. The Bertz CT molecular complexity index is 931. The smallest absolute Gasteiger partial charge is 0.237 e. The molecule has 0 aliphatic heterocycles. The second-order valence-corrected chi connectivity index (χ2v) is 7.78. The van der Waals surface area contributed by atoms with E-state index < -0.39 is 34.3 Å². The van der Waals surface area contributed by atoms with Crippen LogP contribution >= 0.6 is 23.1 Å². The normalized spacial score (nSPS) is 12.0. The second kappa shape index (κ2) is 7.92. The van der Waals surface area contributed by atoms with Gasteiger partial charge in [0.15, 0.2) is 21.8 Å². The summed E-state index contributed by atoms with van der Waals surface area (Å²) in [7, 11) is 0. The van der Waals surface area contributed by atoms with E-state index in [0.717, 1.165) is 23.4 Å². The molecule has 8 heteroatoms. The average molecular weight is 394 g/mol. The SMILES string of the molecule is CC(Sc1nc(-c2ccccc2)cs1)C(=O)Nc1ccc(F)c(F)c1F. The van der Waals surface area contributed by atoms with Crippen molar-refractivity contribution in [2.75, 3.05) is 5.32 Å². The van der Waals surface area contributed by atoms with Gasteiger partial charge in [0.1, 0.15) is 0 Å². The highest BCUT2D eigenvalue weighted by Gasteiger charge is 2.20. The summed E-state index contributed by atoms with van der Waals surface area (Å²) in [5.74, 6) is -4.87. The van der Waals surface area contributed by atoms with Crippen molar-refractivity contribution >= 4 is 34.7 Å². The Labute approximate surface area is 156 Å². The summed E-state index contributed by atoms with van der Waals surface area (Å²) in [6.07, 6.45) is 0. The fraction of sp³-hybridized carbons (Fsp3) is 0.111. The van der Waals surface area contributed by atoms with Crippen LogP contribution in [0.15, 0.2) is 52.2 Å². The van der Waals surface area contributed by atoms with Gasteiger partial charge in [-0.3, -0.25) is 4.79 Å². The number of halogens is 3. The van der Waals surface area contributed by atoms with E-state index in [4.69, 9.17) is 0 Å². The van der Waals surface area contributed by atoms with Crippen LogP contribution in [0.5, 0.6) is 0 Å². The lowest BCUT2D eigenvalue weighted by Gasteiger charge is -2.11. The maximum absolute atomic E-state index is 13.7. The summed E-state index contributed by atoms with van der Waals surface area (Å²) in [5.41, 5.74) is 1.37. The molecule has 0 saturated heterocycles. The van der Waals surface area contributed by atoms with Gasteiger partial charge in [-0.2, -0.15) is 0 Å². The van der Waals surface area contributed by atoms with Crippen LogP contribution in [0, 0.1) is 17.5 Å². The molecule has 1 heterocycles. The van der Waals surface area contributed by atoms with E-state index in [9.17, 15) is 18.0 Å². The summed E-state index contributed by atoms with van der Waals surface area (Å²) in [5, 5.41) is 3.56. The van der Waals surface area contributed by atoms with Crippen LogP contribution in [-0.2, 0) is 4.79 Å². The molecule has 3 nitrogen and oxygen atoms in total. The lowest BCUT2D eigenvalue weighted by molar-refractivity contribution is -0.115. The van der Waals surface area contributed by atoms with Crippen LogP contribution in [0.4, 0.5) is 18.9 Å². The first kappa shape index (κ1) is 18.5. The monoisotopic (exact) mass is 394 g/mol. The van der Waals surface area contributed by atoms with Crippen LogP contribution in [-0.4, -0.2) is 16.1 Å². The van der Waals surface area contributed by atoms with Crippen molar-refractivity contribution in [2.24, 2.45) is 0 Å². The lowest BCUT2D eigenvalue weighted by Crippen LogP contribution is -2.23. The Morgan fingerprint density at radius 1 is 1.12 bits per heavy atom. The van der Waals surface area contributed by atoms with Gasteiger partial charge in [0.2, 0.25) is 5.91 Å². The lowest BCUT2D eigenvalue weighted by atomic mass is 10.2. The van der Waals surface area contributed by atoms with Crippen molar-refractivity contribution in [1.29, 1.82) is 0 Å². The van der Waals surface area contributed by atoms with Crippen LogP contribution < -0.4 is 5.32 Å². The van der Waals surface area contributed by atoms with Crippen LogP contribution in [0.2, 0.25) is 0 Å². The maximum atomic E-state index is 13.7. The van der Waals surface area contributed by atoms with Crippen LogP contribution in [0.1, 0.15) is 6.92 Å². The summed E-state index contributed by atoms with van der Waals surface area (Å²) < 4.78 is 40.5. The number of carbonyl (C=O) groups is 1. The molecule has 1 aromatic heterocycles. The van der Waals surface area contributed by atoms with Gasteiger partial charge in [-0.25, -0.2) is 18.2 Å². The van der Waals surface area contributed by atoms with E-state index >= 15 is 0 Å². The number of hydrogen-bond donors (Lipinski definition) is 1. The fourth-order valence-electron chi connectivity index (χ4n) is 2.11. The molecule has 1 unspecified atom stereocenters. The minimum absolute atomic E-state index is 0.398. The first-order valence-corrected chi connectivity index (χ1v) is 9.33. The molecule has 1 amide bonds. The first-order valence-electron chi connectivity index (χ1n) is 7.57. The highest BCUT2D eigenvalue weighted by Crippen LogP contribution is 2.31. The van der Waals surface area contributed by atoms with Gasteiger partial charge in [-0.05, 0) is 19.1 Å². The minimum atomic E-state index is -1.62. The number of nitrogens with zero attached hydrogens (tertiary/aromatic N) is 1. The molecule has 2 aromatic carbocycles. The quantitative estimate of drug-likeness (QED) is 0.469. The molecule has 1 N–H and O–H groups in total. The van der Waals surface area contributed by atoms with Gasteiger partial charge in [0, 0.05) is 10.9 Å². The van der Waals surface area contributed by atoms with Gasteiger partial charge in [0.05, 0.1) is 16.6 Å². The maximum Gasteiger partial charge on any atom is 0.237 e. The Morgan fingerprint density at radius 2 is 1.85 bits per heavy atom. The van der Waals surface area contributed by atoms with Crippen LogP contribution in [0.25, 0.3) is 11.3 Å². The van der Waals surface area contributed by atoms with Gasteiger partial charge in [0.25, 0.3) is 0 Å². The Hall–Kier alpha value is -2.32. The summed E-state index contributed by atoms with van der Waals surface area (Å²) in [6, 6.07) is 11.4. The molecular formula is C18H13F3N2OS2. The van der Waals surface area contributed by atoms with Gasteiger partial charge in [-0.15, -0.1) is 11.3 Å². The molecule has 26 heavy (non-hydrogen) atoms. The predicted molar refractivity (Wildman–Crippen MR) is 97.8 cm³/mol. The number of thioether (sulfide) groups is 1. The number of nitrogens with one attached hydrogen (secondary N) is 1. The number of amides is 1. The number of aromatic nitrogens is 1. The van der Waals surface area contributed by atoms with E-state index in [-0.39, 0.29) is 0 Å². The topological polar surface area (TPSA) is 42.0 Å². The number of anilines is 1. The zero-order chi connectivity index (χ0) is 18.7. The van der Waals surface area contributed by atoms with Crippen molar-refractivity contribution < 1.29 is 18.0 Å². The zero-order valence-electron chi connectivity index (χ0n) is 13.5. The van der Waals surface area contributed by atoms with Crippen molar-refractivity contribution in [3.8, 4) is 11.3 Å². The van der Waals surface area contributed by atoms with Crippen molar-refractivity contribution in [3.05, 3.63) is 65.3 Å². The first-order chi connectivity index (χ1) is 12.5. The number of thiazole rings is 1. The third kappa shape index (κ3) is 4.08. The molecule has 0 aliphatic carbocycles. The second-order valence-electron chi connectivity index (χ2n) is 5.34. The van der Waals surface area contributed by atoms with E-state index in [2.05, 4.69) is 10.3 Å². The molecule has 134 valence electrons. The van der Waals surface area contributed by atoms with Crippen LogP contribution in [0.3, 0.4) is 0 Å². The standard InChI is InChI=1S/C18H13F3N2OS2/c1-10(17(24)22-13-8-7-12(19)15(20)16(13)21)26-18-23-14(9-25-18)11-5-3-2-4-6-11/h2-10H,1H3,(H,22,24). The molecule has 3 rings (SSSR count). The van der Waals surface area contributed by atoms with Gasteiger partial charge < -0.3 is 5.32 Å². The van der Waals surface area contributed by atoms with E-state index in [1.54, 1.807) is 6.92 Å². The molecule has 0 saturated carbocycles. The summed E-state index contributed by atoms with van der Waals surface area (Å²) in [6.45, 7) is 1.63. The van der Waals surface area contributed by atoms with Crippen molar-refractivity contribution in [3.63, 3.8) is 0 Å². The van der Waals surface area contributed by atoms with Crippen molar-refractivity contribution in [1.82, 2.24) is 4.98 Å². The van der Waals surface area contributed by atoms with E-state index in [1.165, 1.54) is 23.1 Å². The molecule has 0 radical (unpaired) electrons.